The number of amides is 1. The molecule has 1 amide bonds. The molecule has 0 bridgehead atoms. The zero-order chi connectivity index (χ0) is 12.1. The van der Waals surface area contributed by atoms with Gasteiger partial charge in [0.2, 0.25) is 0 Å². The number of carbonyl (C=O) groups excluding carboxylic acids is 1. The number of aromatic hydroxyl groups is 1. The van der Waals surface area contributed by atoms with Crippen molar-refractivity contribution in [1.82, 2.24) is 5.32 Å². The second kappa shape index (κ2) is 5.54. The Hall–Kier alpha value is -1.51. The summed E-state index contributed by atoms with van der Waals surface area (Å²) in [6, 6.07) is 5.21. The Morgan fingerprint density at radius 1 is 1.38 bits per heavy atom. The molecule has 0 unspecified atom stereocenters. The minimum Gasteiger partial charge on any atom is -0.507 e. The molecule has 0 fully saturated rings. The van der Waals surface area contributed by atoms with E-state index in [0.717, 1.165) is 18.4 Å². The number of carbonyl (C=O) groups is 1. The Bertz CT molecular complexity index is 370. The largest absolute Gasteiger partial charge is 0.507 e. The molecule has 0 saturated heterocycles. The molecule has 1 aromatic rings. The van der Waals surface area contributed by atoms with Crippen molar-refractivity contribution in [2.45, 2.75) is 39.7 Å². The standard InChI is InChI=1S/C13H19NO2/c1-4-10(5-2)14-13(16)11-8-9(3)6-7-12(11)15/h6-8,10,15H,4-5H2,1-3H3,(H,14,16). The van der Waals surface area contributed by atoms with E-state index in [9.17, 15) is 9.90 Å². The summed E-state index contributed by atoms with van der Waals surface area (Å²) < 4.78 is 0. The fourth-order valence-electron chi connectivity index (χ4n) is 1.59. The number of rotatable bonds is 4. The molecule has 1 aromatic carbocycles. The smallest absolute Gasteiger partial charge is 0.255 e. The van der Waals surface area contributed by atoms with Crippen LogP contribution in [0.4, 0.5) is 0 Å². The molecule has 1 rings (SSSR count). The van der Waals surface area contributed by atoms with Crippen LogP contribution in [0.15, 0.2) is 18.2 Å². The zero-order valence-electron chi connectivity index (χ0n) is 10.1. The minimum atomic E-state index is -0.199. The van der Waals surface area contributed by atoms with Gasteiger partial charge in [-0.15, -0.1) is 0 Å². The Balaban J connectivity index is 2.83. The van der Waals surface area contributed by atoms with E-state index in [-0.39, 0.29) is 17.7 Å². The third-order valence-electron chi connectivity index (χ3n) is 2.72. The SMILES string of the molecule is CCC(CC)NC(=O)c1cc(C)ccc1O. The van der Waals surface area contributed by atoms with Gasteiger partial charge in [0.1, 0.15) is 5.75 Å². The van der Waals surface area contributed by atoms with Crippen molar-refractivity contribution in [3.8, 4) is 5.75 Å². The number of nitrogens with one attached hydrogen (secondary N) is 1. The molecule has 2 N–H and O–H groups in total. The van der Waals surface area contributed by atoms with Crippen LogP contribution in [-0.4, -0.2) is 17.1 Å². The summed E-state index contributed by atoms with van der Waals surface area (Å²) in [6.07, 6.45) is 1.80. The highest BCUT2D eigenvalue weighted by Crippen LogP contribution is 2.18. The van der Waals surface area contributed by atoms with Gasteiger partial charge in [-0.05, 0) is 31.9 Å². The molecular formula is C13H19NO2. The van der Waals surface area contributed by atoms with Crippen molar-refractivity contribution in [2.24, 2.45) is 0 Å². The molecule has 3 heteroatoms. The van der Waals surface area contributed by atoms with E-state index in [1.807, 2.05) is 20.8 Å². The summed E-state index contributed by atoms with van der Waals surface area (Å²) in [5, 5.41) is 12.5. The maximum absolute atomic E-state index is 11.9. The van der Waals surface area contributed by atoms with Crippen molar-refractivity contribution in [2.75, 3.05) is 0 Å². The van der Waals surface area contributed by atoms with E-state index in [4.69, 9.17) is 0 Å². The van der Waals surface area contributed by atoms with E-state index in [1.54, 1.807) is 18.2 Å². The van der Waals surface area contributed by atoms with Crippen LogP contribution >= 0.6 is 0 Å². The Labute approximate surface area is 96.5 Å². The lowest BCUT2D eigenvalue weighted by Crippen LogP contribution is -2.33. The van der Waals surface area contributed by atoms with Gasteiger partial charge in [-0.1, -0.05) is 25.5 Å². The number of hydrogen-bond donors (Lipinski definition) is 2. The highest BCUT2D eigenvalue weighted by Gasteiger charge is 2.14. The minimum absolute atomic E-state index is 0.0362. The molecular weight excluding hydrogens is 202 g/mol. The summed E-state index contributed by atoms with van der Waals surface area (Å²) in [6.45, 7) is 5.96. The maximum atomic E-state index is 11.9. The van der Waals surface area contributed by atoms with Gasteiger partial charge >= 0.3 is 0 Å². The summed E-state index contributed by atoms with van der Waals surface area (Å²) in [5.74, 6) is -0.163. The van der Waals surface area contributed by atoms with Crippen LogP contribution in [0.1, 0.15) is 42.6 Å². The summed E-state index contributed by atoms with van der Waals surface area (Å²) in [5.41, 5.74) is 1.32. The molecule has 0 aromatic heterocycles. The summed E-state index contributed by atoms with van der Waals surface area (Å²) in [4.78, 5) is 11.9. The first-order valence-electron chi connectivity index (χ1n) is 5.69. The monoisotopic (exact) mass is 221 g/mol. The normalized spacial score (nSPS) is 10.5. The van der Waals surface area contributed by atoms with Crippen LogP contribution in [-0.2, 0) is 0 Å². The van der Waals surface area contributed by atoms with Crippen LogP contribution in [0, 0.1) is 6.92 Å². The molecule has 0 radical (unpaired) electrons. The predicted octanol–water partition coefficient (Wildman–Crippen LogP) is 2.62. The lowest BCUT2D eigenvalue weighted by atomic mass is 10.1. The quantitative estimate of drug-likeness (QED) is 0.821. The molecule has 0 saturated carbocycles. The van der Waals surface area contributed by atoms with Crippen molar-refractivity contribution in [3.05, 3.63) is 29.3 Å². The molecule has 0 heterocycles. The topological polar surface area (TPSA) is 49.3 Å². The molecule has 88 valence electrons. The molecule has 0 aliphatic carbocycles. The summed E-state index contributed by atoms with van der Waals surface area (Å²) in [7, 11) is 0. The van der Waals surface area contributed by atoms with Gasteiger partial charge in [0.15, 0.2) is 0 Å². The summed E-state index contributed by atoms with van der Waals surface area (Å²) >= 11 is 0. The second-order valence-electron chi connectivity index (χ2n) is 4.01. The first-order valence-corrected chi connectivity index (χ1v) is 5.69. The first kappa shape index (κ1) is 12.6. The lowest BCUT2D eigenvalue weighted by Gasteiger charge is -2.15. The molecule has 0 atom stereocenters. The second-order valence-corrected chi connectivity index (χ2v) is 4.01. The fraction of sp³-hybridized carbons (Fsp3) is 0.462. The van der Waals surface area contributed by atoms with Crippen LogP contribution < -0.4 is 5.32 Å². The zero-order valence-corrected chi connectivity index (χ0v) is 10.1. The van der Waals surface area contributed by atoms with Crippen molar-refractivity contribution >= 4 is 5.91 Å². The van der Waals surface area contributed by atoms with Gasteiger partial charge in [-0.2, -0.15) is 0 Å². The first-order chi connectivity index (χ1) is 7.58. The molecule has 0 aliphatic rings. The van der Waals surface area contributed by atoms with E-state index < -0.39 is 0 Å². The van der Waals surface area contributed by atoms with E-state index in [1.165, 1.54) is 0 Å². The fourth-order valence-corrected chi connectivity index (χ4v) is 1.59. The van der Waals surface area contributed by atoms with Gasteiger partial charge in [-0.25, -0.2) is 0 Å². The van der Waals surface area contributed by atoms with Crippen LogP contribution in [0.3, 0.4) is 0 Å². The average Bonchev–Trinajstić information content (AvgIpc) is 2.28. The number of phenols is 1. The van der Waals surface area contributed by atoms with Crippen molar-refractivity contribution in [3.63, 3.8) is 0 Å². The maximum Gasteiger partial charge on any atom is 0.255 e. The third kappa shape index (κ3) is 2.99. The van der Waals surface area contributed by atoms with Gasteiger partial charge in [0.25, 0.3) is 5.91 Å². The van der Waals surface area contributed by atoms with Gasteiger partial charge < -0.3 is 10.4 Å². The van der Waals surface area contributed by atoms with Crippen LogP contribution in [0.5, 0.6) is 5.75 Å². The lowest BCUT2D eigenvalue weighted by molar-refractivity contribution is 0.0932. The average molecular weight is 221 g/mol. The Kier molecular flexibility index (Phi) is 4.35. The van der Waals surface area contributed by atoms with E-state index in [2.05, 4.69) is 5.32 Å². The number of aryl methyl sites for hydroxylation is 1. The van der Waals surface area contributed by atoms with E-state index in [0.29, 0.717) is 5.56 Å². The van der Waals surface area contributed by atoms with Gasteiger partial charge in [0.05, 0.1) is 5.56 Å². The Morgan fingerprint density at radius 3 is 2.56 bits per heavy atom. The number of phenolic OH excluding ortho intramolecular Hbond substituents is 1. The van der Waals surface area contributed by atoms with Crippen LogP contribution in [0.2, 0.25) is 0 Å². The van der Waals surface area contributed by atoms with Crippen molar-refractivity contribution in [1.29, 1.82) is 0 Å². The highest BCUT2D eigenvalue weighted by atomic mass is 16.3. The number of hydrogen-bond acceptors (Lipinski definition) is 2. The predicted molar refractivity (Wildman–Crippen MR) is 64.7 cm³/mol. The van der Waals surface area contributed by atoms with E-state index >= 15 is 0 Å². The van der Waals surface area contributed by atoms with Crippen LogP contribution in [0.25, 0.3) is 0 Å². The molecule has 0 aliphatic heterocycles. The third-order valence-corrected chi connectivity index (χ3v) is 2.72. The molecule has 0 spiro atoms. The number of benzene rings is 1. The Morgan fingerprint density at radius 2 is 2.00 bits per heavy atom. The van der Waals surface area contributed by atoms with Gasteiger partial charge in [0, 0.05) is 6.04 Å². The highest BCUT2D eigenvalue weighted by molar-refractivity contribution is 5.97. The molecule has 16 heavy (non-hydrogen) atoms. The molecule has 3 nitrogen and oxygen atoms in total. The van der Waals surface area contributed by atoms with Gasteiger partial charge in [-0.3, -0.25) is 4.79 Å². The van der Waals surface area contributed by atoms with Crippen molar-refractivity contribution < 1.29 is 9.90 Å².